The summed E-state index contributed by atoms with van der Waals surface area (Å²) in [6.45, 7) is 1.88. The third-order valence-corrected chi connectivity index (χ3v) is 3.43. The van der Waals surface area contributed by atoms with E-state index in [9.17, 15) is 4.39 Å². The first-order valence-electron chi connectivity index (χ1n) is 6.76. The molecule has 0 radical (unpaired) electrons. The molecule has 0 aliphatic heterocycles. The molecule has 1 unspecified atom stereocenters. The molecule has 0 bridgehead atoms. The summed E-state index contributed by atoms with van der Waals surface area (Å²) in [6.07, 6.45) is 0. The molecule has 0 heterocycles. The molecule has 0 saturated heterocycles. The molecular weight excluding hydrogens is 269 g/mol. The summed E-state index contributed by atoms with van der Waals surface area (Å²) in [5, 5.41) is 3.21. The van der Waals surface area contributed by atoms with Crippen LogP contribution in [0, 0.1) is 12.7 Å². The fraction of sp³-hybridized carbons (Fsp3) is 0.294. The minimum atomic E-state index is -0.243. The van der Waals surface area contributed by atoms with Gasteiger partial charge in [0.25, 0.3) is 0 Å². The van der Waals surface area contributed by atoms with E-state index in [1.54, 1.807) is 14.2 Å². The van der Waals surface area contributed by atoms with Crippen LogP contribution in [0.15, 0.2) is 36.4 Å². The van der Waals surface area contributed by atoms with Crippen molar-refractivity contribution in [3.63, 3.8) is 0 Å². The van der Waals surface area contributed by atoms with Crippen molar-refractivity contribution in [2.75, 3.05) is 21.3 Å². The number of halogens is 1. The van der Waals surface area contributed by atoms with E-state index in [1.165, 1.54) is 12.1 Å². The zero-order valence-corrected chi connectivity index (χ0v) is 12.7. The van der Waals surface area contributed by atoms with Gasteiger partial charge in [0.2, 0.25) is 0 Å². The Kier molecular flexibility index (Phi) is 4.81. The molecule has 0 fully saturated rings. The predicted octanol–water partition coefficient (Wildman–Crippen LogP) is 3.46. The number of methoxy groups -OCH3 is 2. The lowest BCUT2D eigenvalue weighted by atomic mass is 9.96. The Bertz CT molecular complexity index is 608. The molecule has 0 aliphatic rings. The molecule has 0 saturated carbocycles. The summed E-state index contributed by atoms with van der Waals surface area (Å²) >= 11 is 0. The van der Waals surface area contributed by atoms with Crippen LogP contribution >= 0.6 is 0 Å². The van der Waals surface area contributed by atoms with Gasteiger partial charge in [-0.1, -0.05) is 18.2 Å². The van der Waals surface area contributed by atoms with Crippen LogP contribution in [0.5, 0.6) is 11.5 Å². The first kappa shape index (κ1) is 15.3. The summed E-state index contributed by atoms with van der Waals surface area (Å²) in [6, 6.07) is 10.5. The number of hydrogen-bond donors (Lipinski definition) is 1. The Hall–Kier alpha value is -2.07. The Morgan fingerprint density at radius 2 is 1.86 bits per heavy atom. The summed E-state index contributed by atoms with van der Waals surface area (Å²) in [5.74, 6) is 1.07. The van der Waals surface area contributed by atoms with Crippen molar-refractivity contribution in [2.45, 2.75) is 13.0 Å². The van der Waals surface area contributed by atoms with Crippen molar-refractivity contribution in [1.29, 1.82) is 0 Å². The maximum Gasteiger partial charge on any atom is 0.165 e. The fourth-order valence-corrected chi connectivity index (χ4v) is 2.57. The van der Waals surface area contributed by atoms with Crippen LogP contribution in [0.3, 0.4) is 0 Å². The Morgan fingerprint density at radius 1 is 1.10 bits per heavy atom. The molecular formula is C17H20FNO2. The van der Waals surface area contributed by atoms with Gasteiger partial charge in [0.15, 0.2) is 11.5 Å². The molecule has 112 valence electrons. The number of aryl methyl sites for hydroxylation is 1. The maximum atomic E-state index is 13.7. The smallest absolute Gasteiger partial charge is 0.165 e. The molecule has 1 atom stereocenters. The standard InChI is InChI=1S/C17H20FNO2/c1-11-8-12(10-13(18)9-11)16(19-2)14-6-5-7-15(20-3)17(14)21-4/h5-10,16,19H,1-4H3. The van der Waals surface area contributed by atoms with Gasteiger partial charge < -0.3 is 14.8 Å². The van der Waals surface area contributed by atoms with Gasteiger partial charge in [0.05, 0.1) is 20.3 Å². The molecule has 2 aromatic rings. The monoisotopic (exact) mass is 289 g/mol. The van der Waals surface area contributed by atoms with Crippen LogP contribution < -0.4 is 14.8 Å². The van der Waals surface area contributed by atoms with Crippen LogP contribution in [0.4, 0.5) is 4.39 Å². The third kappa shape index (κ3) is 3.16. The van der Waals surface area contributed by atoms with Gasteiger partial charge in [0, 0.05) is 5.56 Å². The molecule has 0 amide bonds. The van der Waals surface area contributed by atoms with Crippen molar-refractivity contribution in [1.82, 2.24) is 5.32 Å². The van der Waals surface area contributed by atoms with Crippen LogP contribution in [0.1, 0.15) is 22.7 Å². The van der Waals surface area contributed by atoms with Crippen molar-refractivity contribution in [3.05, 3.63) is 58.9 Å². The zero-order valence-electron chi connectivity index (χ0n) is 12.7. The normalized spacial score (nSPS) is 12.0. The average Bonchev–Trinajstić information content (AvgIpc) is 2.46. The van der Waals surface area contributed by atoms with E-state index in [0.717, 1.165) is 16.7 Å². The van der Waals surface area contributed by atoms with E-state index in [-0.39, 0.29) is 11.9 Å². The van der Waals surface area contributed by atoms with E-state index in [1.807, 2.05) is 38.2 Å². The highest BCUT2D eigenvalue weighted by Crippen LogP contribution is 2.37. The lowest BCUT2D eigenvalue weighted by Gasteiger charge is -2.21. The second-order valence-corrected chi connectivity index (χ2v) is 4.87. The van der Waals surface area contributed by atoms with Gasteiger partial charge in [-0.25, -0.2) is 4.39 Å². The molecule has 1 N–H and O–H groups in total. The lowest BCUT2D eigenvalue weighted by molar-refractivity contribution is 0.349. The van der Waals surface area contributed by atoms with Gasteiger partial charge in [0.1, 0.15) is 5.82 Å². The van der Waals surface area contributed by atoms with E-state index >= 15 is 0 Å². The second-order valence-electron chi connectivity index (χ2n) is 4.87. The van der Waals surface area contributed by atoms with Crippen LogP contribution in [0.25, 0.3) is 0 Å². The van der Waals surface area contributed by atoms with E-state index in [0.29, 0.717) is 11.5 Å². The number of hydrogen-bond acceptors (Lipinski definition) is 3. The molecule has 3 nitrogen and oxygen atoms in total. The topological polar surface area (TPSA) is 30.5 Å². The second kappa shape index (κ2) is 6.59. The third-order valence-electron chi connectivity index (χ3n) is 3.43. The van der Waals surface area contributed by atoms with Gasteiger partial charge in [-0.15, -0.1) is 0 Å². The minimum absolute atomic E-state index is 0.176. The van der Waals surface area contributed by atoms with Crippen LogP contribution in [-0.4, -0.2) is 21.3 Å². The van der Waals surface area contributed by atoms with Crippen molar-refractivity contribution in [2.24, 2.45) is 0 Å². The summed E-state index contributed by atoms with van der Waals surface area (Å²) < 4.78 is 24.5. The van der Waals surface area contributed by atoms with E-state index in [4.69, 9.17) is 9.47 Å². The van der Waals surface area contributed by atoms with Crippen LogP contribution in [-0.2, 0) is 0 Å². The van der Waals surface area contributed by atoms with Gasteiger partial charge >= 0.3 is 0 Å². The lowest BCUT2D eigenvalue weighted by Crippen LogP contribution is -2.19. The molecule has 21 heavy (non-hydrogen) atoms. The Balaban J connectivity index is 2.56. The summed E-state index contributed by atoms with van der Waals surface area (Å²) in [5.41, 5.74) is 2.64. The number of ether oxygens (including phenoxy) is 2. The quantitative estimate of drug-likeness (QED) is 0.914. The minimum Gasteiger partial charge on any atom is -0.493 e. The first-order chi connectivity index (χ1) is 10.1. The number of para-hydroxylation sites is 1. The number of nitrogens with one attached hydrogen (secondary N) is 1. The zero-order chi connectivity index (χ0) is 15.4. The molecule has 0 aromatic heterocycles. The molecule has 0 aliphatic carbocycles. The fourth-order valence-electron chi connectivity index (χ4n) is 2.57. The summed E-state index contributed by atoms with van der Waals surface area (Å²) in [4.78, 5) is 0. The highest BCUT2D eigenvalue weighted by Gasteiger charge is 2.20. The number of benzene rings is 2. The van der Waals surface area contributed by atoms with Gasteiger partial charge in [-0.2, -0.15) is 0 Å². The van der Waals surface area contributed by atoms with Gasteiger partial charge in [-0.3, -0.25) is 0 Å². The highest BCUT2D eigenvalue weighted by atomic mass is 19.1. The predicted molar refractivity (Wildman–Crippen MR) is 81.6 cm³/mol. The molecule has 2 rings (SSSR count). The Labute approximate surface area is 124 Å². The largest absolute Gasteiger partial charge is 0.493 e. The number of rotatable bonds is 5. The molecule has 2 aromatic carbocycles. The van der Waals surface area contributed by atoms with Crippen LogP contribution in [0.2, 0.25) is 0 Å². The van der Waals surface area contributed by atoms with Gasteiger partial charge in [-0.05, 0) is 43.3 Å². The molecule has 0 spiro atoms. The van der Waals surface area contributed by atoms with Crippen molar-refractivity contribution < 1.29 is 13.9 Å². The Morgan fingerprint density at radius 3 is 2.43 bits per heavy atom. The van der Waals surface area contributed by atoms with Crippen molar-refractivity contribution in [3.8, 4) is 11.5 Å². The van der Waals surface area contributed by atoms with E-state index in [2.05, 4.69) is 5.32 Å². The SMILES string of the molecule is CNC(c1cc(C)cc(F)c1)c1cccc(OC)c1OC. The highest BCUT2D eigenvalue weighted by molar-refractivity contribution is 5.51. The average molecular weight is 289 g/mol. The first-order valence-corrected chi connectivity index (χ1v) is 6.76. The maximum absolute atomic E-state index is 13.7. The van der Waals surface area contributed by atoms with Crippen molar-refractivity contribution >= 4 is 0 Å². The van der Waals surface area contributed by atoms with E-state index < -0.39 is 0 Å². The summed E-state index contributed by atoms with van der Waals surface area (Å²) in [7, 11) is 5.04. The molecule has 4 heteroatoms.